The van der Waals surface area contributed by atoms with E-state index >= 15 is 0 Å². The largest absolute Gasteiger partial charge is 0.322 e. The van der Waals surface area contributed by atoms with E-state index in [9.17, 15) is 9.59 Å². The van der Waals surface area contributed by atoms with E-state index in [1.165, 1.54) is 0 Å². The van der Waals surface area contributed by atoms with Gasteiger partial charge in [0.15, 0.2) is 0 Å². The Morgan fingerprint density at radius 2 is 1.79 bits per heavy atom. The van der Waals surface area contributed by atoms with Gasteiger partial charge in [-0.15, -0.1) is 0 Å². The number of amides is 2. The Bertz CT molecular complexity index is 1270. The maximum absolute atomic E-state index is 13.7. The van der Waals surface area contributed by atoms with Gasteiger partial charge >= 0.3 is 0 Å². The molecule has 3 aromatic rings. The van der Waals surface area contributed by atoms with Crippen LogP contribution in [0.25, 0.3) is 0 Å². The number of nitrogens with one attached hydrogen (secondary N) is 2. The van der Waals surface area contributed by atoms with Crippen molar-refractivity contribution in [3.63, 3.8) is 0 Å². The number of nitrogens with zero attached hydrogens (tertiary/aromatic N) is 1. The Labute approximate surface area is 205 Å². The first-order valence-corrected chi connectivity index (χ1v) is 12.1. The fourth-order valence-corrected chi connectivity index (χ4v) is 5.41. The van der Waals surface area contributed by atoms with Gasteiger partial charge in [0.05, 0.1) is 0 Å². The monoisotopic (exact) mass is 473 g/mol. The zero-order valence-corrected chi connectivity index (χ0v) is 20.2. The van der Waals surface area contributed by atoms with Crippen LogP contribution < -0.4 is 15.5 Å². The van der Waals surface area contributed by atoms with Crippen molar-refractivity contribution < 1.29 is 9.59 Å². The van der Waals surface area contributed by atoms with Crippen LogP contribution in [-0.4, -0.2) is 24.9 Å². The Morgan fingerprint density at radius 1 is 0.971 bits per heavy atom. The number of benzene rings is 3. The molecule has 0 unspecified atom stereocenters. The van der Waals surface area contributed by atoms with Gasteiger partial charge in [0.25, 0.3) is 11.8 Å². The summed E-state index contributed by atoms with van der Waals surface area (Å²) in [5, 5.41) is 7.24. The number of rotatable bonds is 3. The van der Waals surface area contributed by atoms with E-state index in [1.807, 2.05) is 73.3 Å². The summed E-state index contributed by atoms with van der Waals surface area (Å²) >= 11 is 6.34. The van der Waals surface area contributed by atoms with Gasteiger partial charge in [0, 0.05) is 40.1 Å². The van der Waals surface area contributed by atoms with Crippen molar-refractivity contribution in [1.82, 2.24) is 5.32 Å². The molecule has 2 amide bonds. The average molecular weight is 474 g/mol. The number of halogens is 1. The molecule has 3 aromatic carbocycles. The van der Waals surface area contributed by atoms with Crippen LogP contribution in [0.2, 0.25) is 5.02 Å². The van der Waals surface area contributed by atoms with Crippen LogP contribution in [0.15, 0.2) is 60.7 Å². The second kappa shape index (κ2) is 9.24. The molecule has 5 rings (SSSR count). The molecule has 1 fully saturated rings. The van der Waals surface area contributed by atoms with Crippen molar-refractivity contribution in [2.45, 2.75) is 32.7 Å². The number of carbonyl (C=O) groups is 2. The molecule has 0 radical (unpaired) electrons. The Morgan fingerprint density at radius 3 is 2.59 bits per heavy atom. The molecule has 0 spiro atoms. The van der Waals surface area contributed by atoms with Crippen molar-refractivity contribution in [2.24, 2.45) is 5.92 Å². The van der Waals surface area contributed by atoms with Crippen LogP contribution >= 0.6 is 11.6 Å². The number of hydrogen-bond acceptors (Lipinski definition) is 3. The standard InChI is InChI=1S/C28H28ClN3O2/c1-17-5-3-4-6-22(17)27(33)31-21-8-9-23(18(2)15-21)28(34)32-14-12-19-11-13-30-26(19)24-16-20(29)7-10-25(24)32/h3-10,15-16,19,26,30H,11-14H2,1-2H3,(H,31,33)/t19-,26-/m0/s1. The Hall–Kier alpha value is -3.15. The van der Waals surface area contributed by atoms with E-state index in [0.717, 1.165) is 41.8 Å². The van der Waals surface area contributed by atoms with Gasteiger partial charge in [0.1, 0.15) is 0 Å². The van der Waals surface area contributed by atoms with Crippen molar-refractivity contribution in [1.29, 1.82) is 0 Å². The maximum atomic E-state index is 13.7. The van der Waals surface area contributed by atoms with E-state index in [0.29, 0.717) is 34.3 Å². The molecule has 2 aliphatic rings. The molecule has 0 saturated carbocycles. The summed E-state index contributed by atoms with van der Waals surface area (Å²) in [5.41, 5.74) is 5.71. The minimum Gasteiger partial charge on any atom is -0.322 e. The predicted octanol–water partition coefficient (Wildman–Crippen LogP) is 5.91. The maximum Gasteiger partial charge on any atom is 0.258 e. The number of carbonyl (C=O) groups excluding carboxylic acids is 2. The summed E-state index contributed by atoms with van der Waals surface area (Å²) in [4.78, 5) is 28.3. The lowest BCUT2D eigenvalue weighted by Gasteiger charge is -2.25. The summed E-state index contributed by atoms with van der Waals surface area (Å²) in [6.07, 6.45) is 2.05. The fraction of sp³-hybridized carbons (Fsp3) is 0.286. The van der Waals surface area contributed by atoms with Crippen LogP contribution in [0, 0.1) is 19.8 Å². The van der Waals surface area contributed by atoms with E-state index < -0.39 is 0 Å². The first kappa shape index (κ1) is 22.6. The Kier molecular flexibility index (Phi) is 6.15. The van der Waals surface area contributed by atoms with E-state index in [4.69, 9.17) is 11.6 Å². The molecule has 1 saturated heterocycles. The third-order valence-electron chi connectivity index (χ3n) is 7.04. The van der Waals surface area contributed by atoms with Crippen LogP contribution in [-0.2, 0) is 0 Å². The average Bonchev–Trinajstić information content (AvgIpc) is 3.23. The minimum atomic E-state index is -0.158. The second-order valence-electron chi connectivity index (χ2n) is 9.23. The summed E-state index contributed by atoms with van der Waals surface area (Å²) < 4.78 is 0. The van der Waals surface area contributed by atoms with Crippen molar-refractivity contribution in [3.05, 3.63) is 93.5 Å². The summed E-state index contributed by atoms with van der Waals surface area (Å²) in [6.45, 7) is 5.48. The summed E-state index contributed by atoms with van der Waals surface area (Å²) in [5.74, 6) is 0.307. The molecular weight excluding hydrogens is 446 g/mol. The van der Waals surface area contributed by atoms with E-state index in [-0.39, 0.29) is 17.9 Å². The first-order valence-electron chi connectivity index (χ1n) is 11.7. The third-order valence-corrected chi connectivity index (χ3v) is 7.27. The lowest BCUT2D eigenvalue weighted by molar-refractivity contribution is 0.0984. The van der Waals surface area contributed by atoms with Crippen molar-refractivity contribution in [3.8, 4) is 0 Å². The second-order valence-corrected chi connectivity index (χ2v) is 9.66. The molecule has 0 aromatic heterocycles. The molecule has 34 heavy (non-hydrogen) atoms. The van der Waals surface area contributed by atoms with Crippen molar-refractivity contribution in [2.75, 3.05) is 23.3 Å². The van der Waals surface area contributed by atoms with E-state index in [1.54, 1.807) is 6.07 Å². The molecule has 5 nitrogen and oxygen atoms in total. The molecule has 174 valence electrons. The van der Waals surface area contributed by atoms with Crippen LogP contribution in [0.1, 0.15) is 56.3 Å². The highest BCUT2D eigenvalue weighted by Crippen LogP contribution is 2.42. The SMILES string of the molecule is Cc1ccccc1C(=O)Nc1ccc(C(=O)N2CC[C@@H]3CCN[C@@H]3c3cc(Cl)ccc32)c(C)c1. The van der Waals surface area contributed by atoms with Crippen LogP contribution in [0.4, 0.5) is 11.4 Å². The molecule has 0 aliphatic carbocycles. The molecular formula is C28H28ClN3O2. The van der Waals surface area contributed by atoms with Crippen LogP contribution in [0.5, 0.6) is 0 Å². The highest BCUT2D eigenvalue weighted by Gasteiger charge is 2.36. The van der Waals surface area contributed by atoms with Gasteiger partial charge in [-0.05, 0) is 98.3 Å². The molecule has 0 bridgehead atoms. The van der Waals surface area contributed by atoms with Crippen molar-refractivity contribution >= 4 is 34.8 Å². The normalized spacial score (nSPS) is 19.2. The zero-order valence-electron chi connectivity index (χ0n) is 19.4. The molecule has 2 aliphatic heterocycles. The topological polar surface area (TPSA) is 61.4 Å². The number of fused-ring (bicyclic) bond motifs is 3. The highest BCUT2D eigenvalue weighted by molar-refractivity contribution is 6.30. The summed E-state index contributed by atoms with van der Waals surface area (Å²) in [7, 11) is 0. The summed E-state index contributed by atoms with van der Waals surface area (Å²) in [6, 6.07) is 19.0. The molecule has 2 atom stereocenters. The van der Waals surface area contributed by atoms with E-state index in [2.05, 4.69) is 10.6 Å². The molecule has 6 heteroatoms. The zero-order chi connectivity index (χ0) is 23.8. The van der Waals surface area contributed by atoms with Gasteiger partial charge in [-0.25, -0.2) is 0 Å². The van der Waals surface area contributed by atoms with Gasteiger partial charge < -0.3 is 15.5 Å². The number of anilines is 2. The fourth-order valence-electron chi connectivity index (χ4n) is 5.23. The third kappa shape index (κ3) is 4.22. The first-order chi connectivity index (χ1) is 16.4. The predicted molar refractivity (Wildman–Crippen MR) is 137 cm³/mol. The van der Waals surface area contributed by atoms with Gasteiger partial charge in [-0.1, -0.05) is 29.8 Å². The number of aryl methyl sites for hydroxylation is 2. The van der Waals surface area contributed by atoms with Gasteiger partial charge in [-0.3, -0.25) is 9.59 Å². The van der Waals surface area contributed by atoms with Crippen LogP contribution in [0.3, 0.4) is 0 Å². The highest BCUT2D eigenvalue weighted by atomic mass is 35.5. The lowest BCUT2D eigenvalue weighted by atomic mass is 9.92. The molecule has 2 heterocycles. The quantitative estimate of drug-likeness (QED) is 0.497. The Balaban J connectivity index is 1.41. The van der Waals surface area contributed by atoms with Gasteiger partial charge in [0.2, 0.25) is 0 Å². The molecule has 2 N–H and O–H groups in total. The van der Waals surface area contributed by atoms with Gasteiger partial charge in [-0.2, -0.15) is 0 Å². The smallest absolute Gasteiger partial charge is 0.258 e. The number of hydrogen-bond donors (Lipinski definition) is 2. The minimum absolute atomic E-state index is 0.0298. The lowest BCUT2D eigenvalue weighted by Crippen LogP contribution is -2.32.